The lowest BCUT2D eigenvalue weighted by atomic mass is 10.0. The number of hydrogen-bond acceptors (Lipinski definition) is 4. The fourth-order valence-electron chi connectivity index (χ4n) is 4.86. The van der Waals surface area contributed by atoms with Crippen LogP contribution in [0.15, 0.2) is 72.5 Å². The van der Waals surface area contributed by atoms with Crippen LogP contribution in [0.5, 0.6) is 0 Å². The standard InChI is InChI=1S/C27H29ClIN5O/c1-19-15-33-17-22(13-25(28)27(33)30-19)21-5-3-6-23-7-8-24(18-34(23)26(35)14-21)32-12-11-31(10-4-9-29)20(2)16-32/h3,5-8,13-15,17-18,20H,4,9-12,16H2,1-2H3/b5-3+,21-14+,23-6+/t20-/m0/s1. The van der Waals surface area contributed by atoms with Gasteiger partial charge in [-0.05, 0) is 56.7 Å². The van der Waals surface area contributed by atoms with Gasteiger partial charge in [0.15, 0.2) is 5.65 Å². The van der Waals surface area contributed by atoms with Crippen molar-refractivity contribution in [2.24, 2.45) is 0 Å². The van der Waals surface area contributed by atoms with E-state index in [4.69, 9.17) is 11.6 Å². The van der Waals surface area contributed by atoms with E-state index in [1.165, 1.54) is 10.8 Å². The van der Waals surface area contributed by atoms with Gasteiger partial charge in [-0.2, -0.15) is 0 Å². The number of carbonyl (C=O) groups excluding carboxylic acids is 1. The van der Waals surface area contributed by atoms with E-state index in [2.05, 4.69) is 50.4 Å². The summed E-state index contributed by atoms with van der Waals surface area (Å²) in [5.41, 5.74) is 5.23. The van der Waals surface area contributed by atoms with E-state index in [9.17, 15) is 4.79 Å². The second kappa shape index (κ2) is 10.3. The van der Waals surface area contributed by atoms with Gasteiger partial charge in [0.2, 0.25) is 0 Å². The van der Waals surface area contributed by atoms with Crippen LogP contribution in [-0.2, 0) is 4.79 Å². The Labute approximate surface area is 225 Å². The Bertz CT molecular complexity index is 1300. The molecule has 0 unspecified atom stereocenters. The largest absolute Gasteiger partial charge is 0.367 e. The molecule has 6 nitrogen and oxygen atoms in total. The molecule has 0 bridgehead atoms. The zero-order valence-corrected chi connectivity index (χ0v) is 22.9. The Hall–Kier alpha value is -2.36. The first kappa shape index (κ1) is 24.3. The summed E-state index contributed by atoms with van der Waals surface area (Å²) in [6.45, 7) is 8.35. The zero-order chi connectivity index (χ0) is 24.5. The van der Waals surface area contributed by atoms with E-state index >= 15 is 0 Å². The highest BCUT2D eigenvalue weighted by molar-refractivity contribution is 14.1. The first-order valence-corrected chi connectivity index (χ1v) is 13.9. The highest BCUT2D eigenvalue weighted by Crippen LogP contribution is 2.28. The van der Waals surface area contributed by atoms with Crippen molar-refractivity contribution in [3.63, 3.8) is 0 Å². The molecule has 2 aromatic rings. The lowest BCUT2D eigenvalue weighted by molar-refractivity contribution is -0.122. The van der Waals surface area contributed by atoms with E-state index in [1.54, 1.807) is 11.0 Å². The van der Waals surface area contributed by atoms with Gasteiger partial charge < -0.3 is 9.30 Å². The summed E-state index contributed by atoms with van der Waals surface area (Å²) in [5.74, 6) is -0.0794. The molecule has 0 aromatic carbocycles. The van der Waals surface area contributed by atoms with Gasteiger partial charge >= 0.3 is 0 Å². The maximum absolute atomic E-state index is 13.4. The van der Waals surface area contributed by atoms with Crippen molar-refractivity contribution in [1.82, 2.24) is 24.1 Å². The third-order valence-electron chi connectivity index (χ3n) is 6.69. The summed E-state index contributed by atoms with van der Waals surface area (Å²) in [4.78, 5) is 24.6. The van der Waals surface area contributed by atoms with Crippen LogP contribution in [0.25, 0.3) is 11.2 Å². The van der Waals surface area contributed by atoms with Crippen molar-refractivity contribution in [3.8, 4) is 0 Å². The molecule has 182 valence electrons. The van der Waals surface area contributed by atoms with Crippen LogP contribution in [0.1, 0.15) is 24.6 Å². The molecule has 1 amide bonds. The van der Waals surface area contributed by atoms with Crippen molar-refractivity contribution in [3.05, 3.63) is 88.8 Å². The van der Waals surface area contributed by atoms with Gasteiger partial charge in [-0.25, -0.2) is 4.98 Å². The zero-order valence-electron chi connectivity index (χ0n) is 20.0. The molecule has 1 atom stereocenters. The predicted octanol–water partition coefficient (Wildman–Crippen LogP) is 5.20. The Kier molecular flexibility index (Phi) is 7.18. The number of pyridine rings is 1. The fourth-order valence-corrected chi connectivity index (χ4v) is 5.46. The Morgan fingerprint density at radius 2 is 2.00 bits per heavy atom. The van der Waals surface area contributed by atoms with Crippen LogP contribution < -0.4 is 0 Å². The minimum atomic E-state index is -0.0794. The van der Waals surface area contributed by atoms with Crippen LogP contribution in [-0.4, -0.2) is 66.6 Å². The van der Waals surface area contributed by atoms with Gasteiger partial charge in [0, 0.05) is 66.0 Å². The highest BCUT2D eigenvalue weighted by atomic mass is 127. The van der Waals surface area contributed by atoms with E-state index < -0.39 is 0 Å². The van der Waals surface area contributed by atoms with Crippen molar-refractivity contribution in [1.29, 1.82) is 0 Å². The molecular weight excluding hydrogens is 573 g/mol. The molecule has 35 heavy (non-hydrogen) atoms. The van der Waals surface area contributed by atoms with Crippen LogP contribution in [0.4, 0.5) is 0 Å². The number of piperazine rings is 1. The average Bonchev–Trinajstić information content (AvgIpc) is 3.22. The molecule has 0 spiro atoms. The molecule has 1 fully saturated rings. The van der Waals surface area contributed by atoms with Crippen LogP contribution in [0, 0.1) is 6.92 Å². The van der Waals surface area contributed by atoms with Crippen LogP contribution in [0.2, 0.25) is 5.02 Å². The number of hydrogen-bond donors (Lipinski definition) is 0. The Balaban J connectivity index is 1.39. The topological polar surface area (TPSA) is 44.1 Å². The summed E-state index contributed by atoms with van der Waals surface area (Å²) in [7, 11) is 0. The van der Waals surface area contributed by atoms with Crippen LogP contribution >= 0.6 is 34.2 Å². The van der Waals surface area contributed by atoms with Gasteiger partial charge in [0.1, 0.15) is 0 Å². The number of allylic oxidation sites excluding steroid dienone is 6. The fraction of sp³-hybridized carbons (Fsp3) is 0.333. The molecule has 2 aromatic heterocycles. The smallest absolute Gasteiger partial charge is 0.255 e. The molecular formula is C27H29ClIN5O. The maximum atomic E-state index is 13.4. The van der Waals surface area contributed by atoms with E-state index in [-0.39, 0.29) is 5.91 Å². The first-order chi connectivity index (χ1) is 16.9. The molecule has 0 aliphatic carbocycles. The van der Waals surface area contributed by atoms with Gasteiger partial charge in [0.05, 0.1) is 16.4 Å². The molecule has 3 aliphatic rings. The number of alkyl halides is 1. The minimum Gasteiger partial charge on any atom is -0.367 e. The molecule has 0 saturated carbocycles. The van der Waals surface area contributed by atoms with Crippen molar-refractivity contribution in [2.75, 3.05) is 30.6 Å². The van der Waals surface area contributed by atoms with Crippen molar-refractivity contribution < 1.29 is 4.79 Å². The number of fused-ring (bicyclic) bond motifs is 2. The number of amides is 1. The summed E-state index contributed by atoms with van der Waals surface area (Å²) in [5, 5.41) is 0.561. The normalized spacial score (nSPS) is 24.9. The molecule has 1 saturated heterocycles. The molecule has 0 radical (unpaired) electrons. The number of aromatic nitrogens is 2. The summed E-state index contributed by atoms with van der Waals surface area (Å²) in [6, 6.07) is 2.36. The summed E-state index contributed by atoms with van der Waals surface area (Å²) in [6.07, 6.45) is 18.8. The second-order valence-corrected chi connectivity index (χ2v) is 10.7. The van der Waals surface area contributed by atoms with E-state index in [0.29, 0.717) is 16.7 Å². The van der Waals surface area contributed by atoms with Gasteiger partial charge in [-0.1, -0.05) is 46.3 Å². The molecule has 5 rings (SSSR count). The monoisotopic (exact) mass is 601 g/mol. The molecule has 8 heteroatoms. The van der Waals surface area contributed by atoms with Gasteiger partial charge in [-0.15, -0.1) is 0 Å². The second-order valence-electron chi connectivity index (χ2n) is 9.21. The molecule has 5 heterocycles. The predicted molar refractivity (Wildman–Crippen MR) is 150 cm³/mol. The number of nitrogens with zero attached hydrogens (tertiary/aromatic N) is 5. The van der Waals surface area contributed by atoms with E-state index in [1.807, 2.05) is 60.3 Å². The lowest BCUT2D eigenvalue weighted by Crippen LogP contribution is -2.51. The highest BCUT2D eigenvalue weighted by Gasteiger charge is 2.26. The SMILES string of the molecule is Cc1cn2cc(C3=C\C(=O)N4C=C(N5CCN(CCCI)[C@@H](C)C5)C=C\C4=C/C=C/3)cc(Cl)c2n1. The summed E-state index contributed by atoms with van der Waals surface area (Å²) < 4.78 is 3.10. The third-order valence-corrected chi connectivity index (χ3v) is 7.73. The Morgan fingerprint density at radius 1 is 1.17 bits per heavy atom. The quantitative estimate of drug-likeness (QED) is 0.349. The molecule has 3 aliphatic heterocycles. The first-order valence-electron chi connectivity index (χ1n) is 12.0. The molecule has 0 N–H and O–H groups in total. The third kappa shape index (κ3) is 5.13. The Morgan fingerprint density at radius 3 is 2.80 bits per heavy atom. The van der Waals surface area contributed by atoms with Crippen LogP contribution in [0.3, 0.4) is 0 Å². The number of carbonyl (C=O) groups is 1. The summed E-state index contributed by atoms with van der Waals surface area (Å²) >= 11 is 8.95. The maximum Gasteiger partial charge on any atom is 0.255 e. The lowest BCUT2D eigenvalue weighted by Gasteiger charge is -2.42. The van der Waals surface area contributed by atoms with Crippen molar-refractivity contribution >= 4 is 51.3 Å². The van der Waals surface area contributed by atoms with Gasteiger partial charge in [0.25, 0.3) is 5.91 Å². The number of imidazole rings is 1. The number of halogens is 2. The van der Waals surface area contributed by atoms with E-state index in [0.717, 1.165) is 54.4 Å². The average molecular weight is 602 g/mol. The minimum absolute atomic E-state index is 0.0794. The number of rotatable bonds is 5. The van der Waals surface area contributed by atoms with Gasteiger partial charge in [-0.3, -0.25) is 14.6 Å². The number of aryl methyl sites for hydroxylation is 1. The van der Waals surface area contributed by atoms with Crippen molar-refractivity contribution in [2.45, 2.75) is 26.3 Å².